The number of hydrogen-bond donors (Lipinski definition) is 3. The molecule has 0 saturated heterocycles. The number of nitrogens with two attached hydrogens (primary N) is 1. The summed E-state index contributed by atoms with van der Waals surface area (Å²) in [7, 11) is 6.23. The van der Waals surface area contributed by atoms with Crippen molar-refractivity contribution >= 4 is 52.0 Å². The van der Waals surface area contributed by atoms with Crippen molar-refractivity contribution < 1.29 is 27.8 Å². The van der Waals surface area contributed by atoms with Gasteiger partial charge >= 0.3 is 0 Å². The molecule has 2 amide bonds. The highest BCUT2D eigenvalue weighted by Gasteiger charge is 2.32. The summed E-state index contributed by atoms with van der Waals surface area (Å²) in [5, 5.41) is 6.48. The van der Waals surface area contributed by atoms with E-state index in [2.05, 4.69) is 37.7 Å². The SMILES string of the molecule is COc1c(F)cccc1Nc1cc(Cc2ccc(C3CC3)cn2)nc2c1C(=O)N(C)C2.COc1c(F)cccc1Nc1cc(Cl)nc2c1C(=O)N(C)C2.Nc1ccc(C2CC2)cn1. The molecule has 2 aliphatic heterocycles. The van der Waals surface area contributed by atoms with Crippen LogP contribution in [-0.2, 0) is 19.5 Å². The topological polar surface area (TPSA) is 161 Å². The van der Waals surface area contributed by atoms with Crippen molar-refractivity contribution in [2.24, 2.45) is 0 Å². The van der Waals surface area contributed by atoms with E-state index in [1.165, 1.54) is 63.2 Å². The molecule has 4 N–H and O–H groups in total. The predicted octanol–water partition coefficient (Wildman–Crippen LogP) is 9.17. The van der Waals surface area contributed by atoms with Crippen molar-refractivity contribution in [3.8, 4) is 11.5 Å². The summed E-state index contributed by atoms with van der Waals surface area (Å²) >= 11 is 6.01. The molecule has 0 unspecified atom stereocenters. The smallest absolute Gasteiger partial charge is 0.257 e. The Labute approximate surface area is 368 Å². The first kappa shape index (κ1) is 42.8. The first-order valence-corrected chi connectivity index (χ1v) is 20.9. The molecule has 2 aromatic carbocycles. The molecule has 4 aromatic heterocycles. The lowest BCUT2D eigenvalue weighted by Crippen LogP contribution is -2.18. The summed E-state index contributed by atoms with van der Waals surface area (Å²) in [4.78, 5) is 45.7. The first-order chi connectivity index (χ1) is 30.4. The van der Waals surface area contributed by atoms with Crippen LogP contribution in [0, 0.1) is 11.6 Å². The van der Waals surface area contributed by atoms with E-state index >= 15 is 0 Å². The minimum absolute atomic E-state index is 0.0722. The molecule has 4 aliphatic rings. The van der Waals surface area contributed by atoms with Gasteiger partial charge in [-0.05, 0) is 97.2 Å². The molecule has 13 nitrogen and oxygen atoms in total. The Balaban J connectivity index is 0.000000147. The van der Waals surface area contributed by atoms with Crippen LogP contribution in [0.15, 0.2) is 85.2 Å². The van der Waals surface area contributed by atoms with Gasteiger partial charge in [0.2, 0.25) is 0 Å². The summed E-state index contributed by atoms with van der Waals surface area (Å²) < 4.78 is 38.2. The van der Waals surface area contributed by atoms with E-state index in [0.29, 0.717) is 76.5 Å². The number of aromatic nitrogens is 4. The number of rotatable bonds is 10. The summed E-state index contributed by atoms with van der Waals surface area (Å²) in [5.74, 6) is 1.01. The van der Waals surface area contributed by atoms with Crippen LogP contribution in [0.3, 0.4) is 0 Å². The summed E-state index contributed by atoms with van der Waals surface area (Å²) in [6.45, 7) is 0.828. The number of nitrogen functional groups attached to an aromatic ring is 1. The summed E-state index contributed by atoms with van der Waals surface area (Å²) in [5.41, 5.74) is 14.0. The second-order valence-corrected chi connectivity index (χ2v) is 16.2. The molecular formula is C47H46ClF2N9O4. The normalized spacial score (nSPS) is 14.8. The van der Waals surface area contributed by atoms with Gasteiger partial charge in [-0.1, -0.05) is 35.9 Å². The molecule has 2 aliphatic carbocycles. The molecule has 0 spiro atoms. The van der Waals surface area contributed by atoms with Crippen LogP contribution in [0.25, 0.3) is 0 Å². The number of pyridine rings is 4. The zero-order valence-electron chi connectivity index (χ0n) is 35.2. The number of fused-ring (bicyclic) bond motifs is 2. The van der Waals surface area contributed by atoms with Crippen molar-refractivity contribution in [3.63, 3.8) is 0 Å². The number of nitrogens with one attached hydrogen (secondary N) is 2. The number of carbonyl (C=O) groups excluding carboxylic acids is 2. The van der Waals surface area contributed by atoms with Gasteiger partial charge in [-0.25, -0.2) is 18.7 Å². The maximum Gasteiger partial charge on any atom is 0.257 e. The molecule has 6 heterocycles. The van der Waals surface area contributed by atoms with Crippen LogP contribution in [0.4, 0.5) is 37.3 Å². The van der Waals surface area contributed by atoms with Crippen molar-refractivity contribution in [3.05, 3.63) is 147 Å². The highest BCUT2D eigenvalue weighted by molar-refractivity contribution is 6.30. The third-order valence-corrected chi connectivity index (χ3v) is 11.3. The fraction of sp³-hybridized carbons (Fsp3) is 0.277. The molecule has 63 heavy (non-hydrogen) atoms. The number of halogens is 3. The molecule has 10 rings (SSSR count). The van der Waals surface area contributed by atoms with Crippen LogP contribution in [0.1, 0.15) is 92.1 Å². The van der Waals surface area contributed by atoms with E-state index in [-0.39, 0.29) is 28.5 Å². The Bertz CT molecular complexity index is 2680. The van der Waals surface area contributed by atoms with E-state index in [1.54, 1.807) is 54.2 Å². The zero-order chi connectivity index (χ0) is 44.4. The van der Waals surface area contributed by atoms with Gasteiger partial charge in [0.15, 0.2) is 23.1 Å². The average molecular weight is 874 g/mol. The van der Waals surface area contributed by atoms with E-state index in [9.17, 15) is 18.4 Å². The number of hydrogen-bond acceptors (Lipinski definition) is 11. The van der Waals surface area contributed by atoms with Gasteiger partial charge in [-0.3, -0.25) is 19.6 Å². The maximum atomic E-state index is 14.2. The lowest BCUT2D eigenvalue weighted by molar-refractivity contribution is 0.0809. The van der Waals surface area contributed by atoms with E-state index in [1.807, 2.05) is 30.6 Å². The molecule has 2 saturated carbocycles. The highest BCUT2D eigenvalue weighted by atomic mass is 35.5. The van der Waals surface area contributed by atoms with Gasteiger partial charge in [0.05, 0.1) is 72.6 Å². The Morgan fingerprint density at radius 3 is 1.67 bits per heavy atom. The number of anilines is 5. The molecule has 2 fully saturated rings. The number of nitrogens with zero attached hydrogens (tertiary/aromatic N) is 6. The van der Waals surface area contributed by atoms with Crippen LogP contribution in [0.5, 0.6) is 11.5 Å². The highest BCUT2D eigenvalue weighted by Crippen LogP contribution is 2.41. The summed E-state index contributed by atoms with van der Waals surface area (Å²) in [6.07, 6.45) is 9.52. The minimum Gasteiger partial charge on any atom is -0.492 e. The number of para-hydroxylation sites is 2. The second kappa shape index (κ2) is 18.2. The van der Waals surface area contributed by atoms with Crippen molar-refractivity contribution in [2.45, 2.75) is 57.0 Å². The quantitative estimate of drug-likeness (QED) is 0.113. The monoisotopic (exact) mass is 873 g/mol. The van der Waals surface area contributed by atoms with Crippen LogP contribution in [-0.4, -0.2) is 69.9 Å². The van der Waals surface area contributed by atoms with Crippen molar-refractivity contribution in [1.29, 1.82) is 0 Å². The molecule has 16 heteroatoms. The van der Waals surface area contributed by atoms with E-state index in [0.717, 1.165) is 17.3 Å². The predicted molar refractivity (Wildman–Crippen MR) is 237 cm³/mol. The molecule has 324 valence electrons. The summed E-state index contributed by atoms with van der Waals surface area (Å²) in [6, 6.07) is 20.7. The van der Waals surface area contributed by atoms with E-state index < -0.39 is 11.6 Å². The van der Waals surface area contributed by atoms with Crippen LogP contribution >= 0.6 is 11.6 Å². The minimum atomic E-state index is -0.493. The zero-order valence-corrected chi connectivity index (χ0v) is 36.0. The Morgan fingerprint density at radius 1 is 0.683 bits per heavy atom. The third kappa shape index (κ3) is 9.63. The van der Waals surface area contributed by atoms with Gasteiger partial charge in [-0.15, -0.1) is 0 Å². The number of amides is 2. The number of benzene rings is 2. The van der Waals surface area contributed by atoms with Gasteiger partial charge in [0.25, 0.3) is 11.8 Å². The number of ether oxygens (including phenoxy) is 2. The molecule has 6 aromatic rings. The third-order valence-electron chi connectivity index (χ3n) is 11.1. The second-order valence-electron chi connectivity index (χ2n) is 15.8. The molecule has 0 bridgehead atoms. The lowest BCUT2D eigenvalue weighted by atomic mass is 10.1. The molecular weight excluding hydrogens is 828 g/mol. The van der Waals surface area contributed by atoms with Crippen LogP contribution in [0.2, 0.25) is 5.15 Å². The van der Waals surface area contributed by atoms with Gasteiger partial charge < -0.3 is 35.6 Å². The number of methoxy groups -OCH3 is 2. The fourth-order valence-electron chi connectivity index (χ4n) is 7.57. The Morgan fingerprint density at radius 2 is 1.19 bits per heavy atom. The Hall–Kier alpha value is -6.87. The average Bonchev–Trinajstić information content (AvgIpc) is 4.20. The van der Waals surface area contributed by atoms with Gasteiger partial charge in [0.1, 0.15) is 11.0 Å². The van der Waals surface area contributed by atoms with Crippen molar-refractivity contribution in [2.75, 3.05) is 44.7 Å². The van der Waals surface area contributed by atoms with Gasteiger partial charge in [-0.2, -0.15) is 0 Å². The van der Waals surface area contributed by atoms with Crippen molar-refractivity contribution in [1.82, 2.24) is 29.7 Å². The van der Waals surface area contributed by atoms with E-state index in [4.69, 9.17) is 31.8 Å². The Kier molecular flexibility index (Phi) is 12.4. The lowest BCUT2D eigenvalue weighted by Gasteiger charge is -2.15. The first-order valence-electron chi connectivity index (χ1n) is 20.5. The van der Waals surface area contributed by atoms with Gasteiger partial charge in [0, 0.05) is 44.3 Å². The largest absolute Gasteiger partial charge is 0.492 e. The molecule has 0 radical (unpaired) electrons. The van der Waals surface area contributed by atoms with Crippen LogP contribution < -0.4 is 25.8 Å². The number of carbonyl (C=O) groups is 2. The fourth-order valence-corrected chi connectivity index (χ4v) is 7.78. The standard InChI is InChI=1S/C24H23FN4O2.C15H13ClFN3O2.C8H10N2/c1-29-13-21-22(24(29)30)20(28-19-5-3-4-18(25)23(19)31-2)11-17(27-21)10-16-9-8-15(12-26-16)14-6-7-14;1-20-7-11-13(15(20)21)10(6-12(16)19-11)18-9-5-3-4-8(17)14(9)22-2;9-8-4-3-7(5-10-8)6-1-2-6/h3-5,8-9,11-12,14H,6-7,10,13H2,1-2H3,(H,27,28);3-6H,7H2,1-2H3,(H,18,19);3-6H,1-2H2,(H2,9,10). The maximum absolute atomic E-state index is 14.2. The molecule has 0 atom stereocenters.